The largest absolute Gasteiger partial charge is 0.492 e. The summed E-state index contributed by atoms with van der Waals surface area (Å²) in [7, 11) is 0. The van der Waals surface area contributed by atoms with Crippen molar-refractivity contribution >= 4 is 23.2 Å². The number of hydrogen-bond donors (Lipinski definition) is 2. The highest BCUT2D eigenvalue weighted by Gasteiger charge is 2.10. The maximum atomic E-state index is 10.9. The van der Waals surface area contributed by atoms with Gasteiger partial charge in [0.05, 0.1) is 22.6 Å². The van der Waals surface area contributed by atoms with Gasteiger partial charge in [-0.25, -0.2) is 5.84 Å². The topological polar surface area (TPSA) is 107 Å². The van der Waals surface area contributed by atoms with E-state index in [1.165, 1.54) is 18.2 Å². The van der Waals surface area contributed by atoms with Gasteiger partial charge in [0.2, 0.25) is 5.91 Å². The highest BCUT2D eigenvalue weighted by atomic mass is 35.5. The maximum Gasteiger partial charge on any atom is 0.273 e. The Bertz CT molecular complexity index is 482. The quantitative estimate of drug-likeness (QED) is 0.251. The Morgan fingerprint density at radius 3 is 2.80 bits per heavy atom. The van der Waals surface area contributed by atoms with Gasteiger partial charge in [0.25, 0.3) is 5.69 Å². The number of unbranched alkanes of at least 4 members (excludes halogenated alkanes) is 2. The van der Waals surface area contributed by atoms with E-state index in [1.807, 2.05) is 0 Å². The zero-order valence-corrected chi connectivity index (χ0v) is 11.6. The van der Waals surface area contributed by atoms with Gasteiger partial charge in [-0.05, 0) is 25.3 Å². The number of nitro groups is 1. The Hall–Kier alpha value is -1.86. The second-order valence-electron chi connectivity index (χ2n) is 4.10. The highest BCUT2D eigenvalue weighted by Crippen LogP contribution is 2.28. The van der Waals surface area contributed by atoms with Crippen LogP contribution in [0, 0.1) is 10.1 Å². The molecule has 20 heavy (non-hydrogen) atoms. The number of nitro benzene ring substituents is 1. The number of nitrogens with zero attached hydrogens (tertiary/aromatic N) is 1. The number of nitrogens with one attached hydrogen (secondary N) is 1. The number of hydrazine groups is 1. The van der Waals surface area contributed by atoms with Crippen LogP contribution in [0.15, 0.2) is 18.2 Å². The molecular weight excluding hydrogens is 286 g/mol. The zero-order valence-electron chi connectivity index (χ0n) is 10.8. The van der Waals surface area contributed by atoms with Crippen LogP contribution in [0.5, 0.6) is 5.75 Å². The third kappa shape index (κ3) is 5.41. The summed E-state index contributed by atoms with van der Waals surface area (Å²) < 4.78 is 5.40. The van der Waals surface area contributed by atoms with Crippen LogP contribution in [0.2, 0.25) is 5.02 Å². The summed E-state index contributed by atoms with van der Waals surface area (Å²) in [5, 5.41) is 11.0. The average Bonchev–Trinajstić information content (AvgIpc) is 2.43. The van der Waals surface area contributed by atoms with Crippen molar-refractivity contribution in [3.63, 3.8) is 0 Å². The lowest BCUT2D eigenvalue weighted by Crippen LogP contribution is -2.29. The molecule has 7 nitrogen and oxygen atoms in total. The van der Waals surface area contributed by atoms with Crippen molar-refractivity contribution in [3.05, 3.63) is 33.3 Å². The number of carbonyl (C=O) groups is 1. The van der Waals surface area contributed by atoms with E-state index in [-0.39, 0.29) is 11.6 Å². The van der Waals surface area contributed by atoms with Gasteiger partial charge < -0.3 is 4.74 Å². The highest BCUT2D eigenvalue weighted by molar-refractivity contribution is 6.32. The average molecular weight is 302 g/mol. The molecule has 0 spiro atoms. The first-order chi connectivity index (χ1) is 9.54. The number of carbonyl (C=O) groups excluding carboxylic acids is 1. The van der Waals surface area contributed by atoms with Crippen LogP contribution < -0.4 is 16.0 Å². The predicted molar refractivity (Wildman–Crippen MR) is 74.4 cm³/mol. The van der Waals surface area contributed by atoms with Crippen LogP contribution in [0.4, 0.5) is 5.69 Å². The summed E-state index contributed by atoms with van der Waals surface area (Å²) in [6.45, 7) is 0.380. The lowest BCUT2D eigenvalue weighted by Gasteiger charge is -2.07. The van der Waals surface area contributed by atoms with Gasteiger partial charge in [-0.2, -0.15) is 0 Å². The molecule has 1 amide bonds. The van der Waals surface area contributed by atoms with Crippen molar-refractivity contribution in [2.45, 2.75) is 25.7 Å². The number of rotatable bonds is 8. The molecule has 0 atom stereocenters. The lowest BCUT2D eigenvalue weighted by atomic mass is 10.2. The van der Waals surface area contributed by atoms with Crippen LogP contribution >= 0.6 is 11.6 Å². The van der Waals surface area contributed by atoms with Crippen LogP contribution in [0.1, 0.15) is 25.7 Å². The number of benzene rings is 1. The van der Waals surface area contributed by atoms with Crippen molar-refractivity contribution < 1.29 is 14.5 Å². The summed E-state index contributed by atoms with van der Waals surface area (Å²) in [4.78, 5) is 21.0. The number of halogens is 1. The van der Waals surface area contributed by atoms with Crippen molar-refractivity contribution in [1.29, 1.82) is 0 Å². The second kappa shape index (κ2) is 8.34. The monoisotopic (exact) mass is 301 g/mol. The van der Waals surface area contributed by atoms with Crippen molar-refractivity contribution in [1.82, 2.24) is 5.43 Å². The number of hydrogen-bond acceptors (Lipinski definition) is 5. The molecule has 0 unspecified atom stereocenters. The van der Waals surface area contributed by atoms with Gasteiger partial charge >= 0.3 is 0 Å². The van der Waals surface area contributed by atoms with Gasteiger partial charge in [0.15, 0.2) is 0 Å². The van der Waals surface area contributed by atoms with E-state index in [0.717, 1.165) is 12.8 Å². The Morgan fingerprint density at radius 1 is 1.40 bits per heavy atom. The summed E-state index contributed by atoms with van der Waals surface area (Å²) >= 11 is 5.89. The molecule has 0 aliphatic heterocycles. The fourth-order valence-electron chi connectivity index (χ4n) is 1.53. The molecule has 0 saturated heterocycles. The van der Waals surface area contributed by atoms with Crippen LogP contribution in [-0.2, 0) is 4.79 Å². The fraction of sp³-hybridized carbons (Fsp3) is 0.417. The van der Waals surface area contributed by atoms with E-state index in [4.69, 9.17) is 22.2 Å². The fourth-order valence-corrected chi connectivity index (χ4v) is 1.71. The maximum absolute atomic E-state index is 10.9. The molecule has 0 saturated carbocycles. The molecule has 8 heteroatoms. The SMILES string of the molecule is NNC(=O)CCCCCOc1cc([N+](=O)[O-])ccc1Cl. The first kappa shape index (κ1) is 16.2. The van der Waals surface area contributed by atoms with Crippen LogP contribution in [0.25, 0.3) is 0 Å². The molecule has 0 aliphatic carbocycles. The second-order valence-corrected chi connectivity index (χ2v) is 4.51. The minimum Gasteiger partial charge on any atom is -0.492 e. The van der Waals surface area contributed by atoms with Crippen LogP contribution in [-0.4, -0.2) is 17.4 Å². The first-order valence-electron chi connectivity index (χ1n) is 6.10. The normalized spacial score (nSPS) is 10.1. The summed E-state index contributed by atoms with van der Waals surface area (Å²) in [5.41, 5.74) is 1.99. The van der Waals surface area contributed by atoms with Crippen LogP contribution in [0.3, 0.4) is 0 Å². The first-order valence-corrected chi connectivity index (χ1v) is 6.48. The minimum atomic E-state index is -0.505. The number of non-ortho nitro benzene ring substituents is 1. The van der Waals surface area contributed by atoms with Gasteiger partial charge in [0, 0.05) is 12.5 Å². The molecule has 0 heterocycles. The molecule has 1 rings (SSSR count). The van der Waals surface area contributed by atoms with E-state index in [2.05, 4.69) is 5.43 Å². The molecule has 0 bridgehead atoms. The van der Waals surface area contributed by atoms with E-state index in [1.54, 1.807) is 0 Å². The summed E-state index contributed by atoms with van der Waals surface area (Å²) in [6, 6.07) is 4.05. The molecule has 1 aromatic rings. The Kier molecular flexibility index (Phi) is 6.75. The minimum absolute atomic E-state index is 0.0657. The van der Waals surface area contributed by atoms with Gasteiger partial charge in [-0.1, -0.05) is 11.6 Å². The molecule has 0 fully saturated rings. The van der Waals surface area contributed by atoms with Gasteiger partial charge in [-0.15, -0.1) is 0 Å². The molecule has 0 radical (unpaired) electrons. The van der Waals surface area contributed by atoms with E-state index in [9.17, 15) is 14.9 Å². The number of nitrogens with two attached hydrogens (primary N) is 1. The van der Waals surface area contributed by atoms with Gasteiger partial charge in [-0.3, -0.25) is 20.3 Å². The molecule has 1 aromatic carbocycles. The molecule has 3 N–H and O–H groups in total. The predicted octanol–water partition coefficient (Wildman–Crippen LogP) is 2.18. The number of ether oxygens (including phenoxy) is 1. The van der Waals surface area contributed by atoms with Crippen molar-refractivity contribution in [3.8, 4) is 5.75 Å². The van der Waals surface area contributed by atoms with Crippen molar-refractivity contribution in [2.24, 2.45) is 5.84 Å². The third-order valence-electron chi connectivity index (χ3n) is 2.59. The summed E-state index contributed by atoms with van der Waals surface area (Å²) in [6.07, 6.45) is 2.58. The van der Waals surface area contributed by atoms with E-state index >= 15 is 0 Å². The molecular formula is C12H16ClN3O4. The van der Waals surface area contributed by atoms with Crippen molar-refractivity contribution in [2.75, 3.05) is 6.61 Å². The smallest absolute Gasteiger partial charge is 0.273 e. The lowest BCUT2D eigenvalue weighted by molar-refractivity contribution is -0.384. The summed E-state index contributed by atoms with van der Waals surface area (Å²) in [5.74, 6) is 5.04. The molecule has 0 aromatic heterocycles. The standard InChI is InChI=1S/C12H16ClN3O4/c13-10-6-5-9(16(18)19)8-11(10)20-7-3-1-2-4-12(17)15-14/h5-6,8H,1-4,7,14H2,(H,15,17). The Morgan fingerprint density at radius 2 is 2.15 bits per heavy atom. The number of amides is 1. The molecule has 110 valence electrons. The Balaban J connectivity index is 2.33. The van der Waals surface area contributed by atoms with Gasteiger partial charge in [0.1, 0.15) is 5.75 Å². The molecule has 0 aliphatic rings. The van der Waals surface area contributed by atoms with E-state index < -0.39 is 4.92 Å². The third-order valence-corrected chi connectivity index (χ3v) is 2.90. The Labute approximate surface area is 121 Å². The zero-order chi connectivity index (χ0) is 15.0. The van der Waals surface area contributed by atoms with E-state index in [0.29, 0.717) is 30.2 Å².